The molecule has 0 aromatic heterocycles. The highest BCUT2D eigenvalue weighted by Crippen LogP contribution is 2.49. The first-order valence-corrected chi connectivity index (χ1v) is 7.19. The second-order valence-corrected chi connectivity index (χ2v) is 6.14. The Kier molecular flexibility index (Phi) is 2.85. The van der Waals surface area contributed by atoms with Gasteiger partial charge in [-0.2, -0.15) is 0 Å². The summed E-state index contributed by atoms with van der Waals surface area (Å²) in [5.74, 6) is -0.0921. The fourth-order valence-electron chi connectivity index (χ4n) is 3.66. The molecule has 1 saturated carbocycles. The van der Waals surface area contributed by atoms with Crippen LogP contribution in [-0.2, 0) is 9.59 Å². The summed E-state index contributed by atoms with van der Waals surface area (Å²) in [6.45, 7) is 3.79. The molecule has 0 radical (unpaired) electrons. The van der Waals surface area contributed by atoms with E-state index >= 15 is 0 Å². The van der Waals surface area contributed by atoms with Crippen LogP contribution in [0.4, 0.5) is 11.4 Å². The number of benzene rings is 1. The molecule has 1 aliphatic heterocycles. The maximum Gasteiger partial charge on any atom is 0.240 e. The molecule has 2 aliphatic rings. The van der Waals surface area contributed by atoms with E-state index in [0.717, 1.165) is 36.8 Å². The Morgan fingerprint density at radius 2 is 1.80 bits per heavy atom. The zero-order valence-electron chi connectivity index (χ0n) is 12.0. The summed E-state index contributed by atoms with van der Waals surface area (Å²) in [5.41, 5.74) is 8.58. The average molecular weight is 272 g/mol. The summed E-state index contributed by atoms with van der Waals surface area (Å²) in [5, 5.41) is 0. The van der Waals surface area contributed by atoms with E-state index in [1.54, 1.807) is 0 Å². The highest BCUT2D eigenvalue weighted by molar-refractivity contribution is 6.23. The van der Waals surface area contributed by atoms with Crippen molar-refractivity contribution >= 4 is 23.2 Å². The number of aryl methyl sites for hydroxylation is 1. The van der Waals surface area contributed by atoms with E-state index in [1.165, 1.54) is 4.90 Å². The first-order chi connectivity index (χ1) is 9.46. The molecule has 106 valence electrons. The Balaban J connectivity index is 2.09. The molecule has 1 aliphatic carbocycles. The summed E-state index contributed by atoms with van der Waals surface area (Å²) in [4.78, 5) is 26.6. The van der Waals surface area contributed by atoms with Crippen LogP contribution in [0.15, 0.2) is 12.1 Å². The van der Waals surface area contributed by atoms with Gasteiger partial charge in [-0.3, -0.25) is 9.59 Å². The number of rotatable bonds is 1. The van der Waals surface area contributed by atoms with E-state index in [9.17, 15) is 9.59 Å². The molecule has 0 unspecified atom stereocenters. The van der Waals surface area contributed by atoms with Crippen molar-refractivity contribution in [2.24, 2.45) is 5.41 Å². The van der Waals surface area contributed by atoms with Crippen LogP contribution in [0.25, 0.3) is 0 Å². The third-order valence-corrected chi connectivity index (χ3v) is 4.85. The van der Waals surface area contributed by atoms with Crippen LogP contribution in [0.1, 0.15) is 43.2 Å². The number of hydrogen-bond donors (Lipinski definition) is 1. The molecule has 20 heavy (non-hydrogen) atoms. The van der Waals surface area contributed by atoms with Gasteiger partial charge in [0.25, 0.3) is 0 Å². The largest absolute Gasteiger partial charge is 0.398 e. The molecular weight excluding hydrogens is 252 g/mol. The number of amides is 2. The number of nitrogen functional groups attached to an aromatic ring is 1. The molecule has 2 fully saturated rings. The molecule has 0 bridgehead atoms. The van der Waals surface area contributed by atoms with Gasteiger partial charge in [-0.25, -0.2) is 4.90 Å². The highest BCUT2D eigenvalue weighted by Gasteiger charge is 2.53. The van der Waals surface area contributed by atoms with Gasteiger partial charge in [-0.1, -0.05) is 18.9 Å². The molecule has 1 aromatic rings. The van der Waals surface area contributed by atoms with Crippen LogP contribution in [0.3, 0.4) is 0 Å². The van der Waals surface area contributed by atoms with Crippen LogP contribution in [0, 0.1) is 19.3 Å². The molecule has 3 rings (SSSR count). The number of anilines is 2. The van der Waals surface area contributed by atoms with Crippen molar-refractivity contribution in [1.29, 1.82) is 0 Å². The zero-order chi connectivity index (χ0) is 14.5. The first kappa shape index (κ1) is 13.2. The number of imide groups is 1. The lowest BCUT2D eigenvalue weighted by atomic mass is 9.84. The van der Waals surface area contributed by atoms with Gasteiger partial charge in [0.2, 0.25) is 11.8 Å². The predicted molar refractivity (Wildman–Crippen MR) is 78.3 cm³/mol. The van der Waals surface area contributed by atoms with E-state index in [0.29, 0.717) is 17.8 Å². The maximum atomic E-state index is 12.8. The van der Waals surface area contributed by atoms with Crippen LogP contribution >= 0.6 is 0 Å². The Bertz CT molecular complexity index is 601. The smallest absolute Gasteiger partial charge is 0.240 e. The van der Waals surface area contributed by atoms with Crippen molar-refractivity contribution < 1.29 is 9.59 Å². The fourth-order valence-corrected chi connectivity index (χ4v) is 3.66. The first-order valence-electron chi connectivity index (χ1n) is 7.19. The standard InChI is InChI=1S/C16H20N2O2/c1-10-5-6-12(17)11(2)14(10)18-13(19)9-16(15(18)20)7-3-4-8-16/h5-6H,3-4,7-9,17H2,1-2H3. The van der Waals surface area contributed by atoms with Crippen molar-refractivity contribution in [2.75, 3.05) is 10.6 Å². The van der Waals surface area contributed by atoms with Crippen molar-refractivity contribution in [3.63, 3.8) is 0 Å². The number of carbonyl (C=O) groups is 2. The van der Waals surface area contributed by atoms with E-state index in [4.69, 9.17) is 5.73 Å². The maximum absolute atomic E-state index is 12.8. The fraction of sp³-hybridized carbons (Fsp3) is 0.500. The number of hydrogen-bond acceptors (Lipinski definition) is 3. The van der Waals surface area contributed by atoms with E-state index in [1.807, 2.05) is 26.0 Å². The monoisotopic (exact) mass is 272 g/mol. The summed E-state index contributed by atoms with van der Waals surface area (Å²) in [7, 11) is 0. The molecule has 2 amide bonds. The van der Waals surface area contributed by atoms with Gasteiger partial charge in [0, 0.05) is 12.1 Å². The second-order valence-electron chi connectivity index (χ2n) is 6.14. The van der Waals surface area contributed by atoms with E-state index in [-0.39, 0.29) is 11.8 Å². The molecule has 4 nitrogen and oxygen atoms in total. The lowest BCUT2D eigenvalue weighted by Gasteiger charge is -2.24. The van der Waals surface area contributed by atoms with Gasteiger partial charge in [-0.15, -0.1) is 0 Å². The Morgan fingerprint density at radius 1 is 1.15 bits per heavy atom. The topological polar surface area (TPSA) is 63.4 Å². The van der Waals surface area contributed by atoms with Crippen molar-refractivity contribution in [3.8, 4) is 0 Å². The molecule has 1 saturated heterocycles. The van der Waals surface area contributed by atoms with Gasteiger partial charge >= 0.3 is 0 Å². The minimum absolute atomic E-state index is 0.0169. The summed E-state index contributed by atoms with van der Waals surface area (Å²) in [6.07, 6.45) is 4.13. The van der Waals surface area contributed by atoms with Gasteiger partial charge in [-0.05, 0) is 43.9 Å². The van der Waals surface area contributed by atoms with Crippen molar-refractivity contribution in [2.45, 2.75) is 46.0 Å². The molecule has 1 heterocycles. The molecule has 0 atom stereocenters. The molecule has 2 N–H and O–H groups in total. The second kappa shape index (κ2) is 4.33. The van der Waals surface area contributed by atoms with Crippen LogP contribution in [0.2, 0.25) is 0 Å². The van der Waals surface area contributed by atoms with Gasteiger partial charge < -0.3 is 5.73 Å². The minimum Gasteiger partial charge on any atom is -0.398 e. The summed E-state index contributed by atoms with van der Waals surface area (Å²) < 4.78 is 0. The van der Waals surface area contributed by atoms with E-state index in [2.05, 4.69) is 0 Å². The molecule has 4 heteroatoms. The zero-order valence-corrected chi connectivity index (χ0v) is 12.0. The minimum atomic E-state index is -0.430. The predicted octanol–water partition coefficient (Wildman–Crippen LogP) is 2.71. The Hall–Kier alpha value is -1.84. The van der Waals surface area contributed by atoms with Crippen LogP contribution < -0.4 is 10.6 Å². The normalized spacial score (nSPS) is 21.2. The number of carbonyl (C=O) groups excluding carboxylic acids is 2. The third-order valence-electron chi connectivity index (χ3n) is 4.85. The number of nitrogens with zero attached hydrogens (tertiary/aromatic N) is 1. The highest BCUT2D eigenvalue weighted by atomic mass is 16.2. The quantitative estimate of drug-likeness (QED) is 0.631. The Morgan fingerprint density at radius 3 is 2.45 bits per heavy atom. The van der Waals surface area contributed by atoms with E-state index < -0.39 is 5.41 Å². The van der Waals surface area contributed by atoms with Crippen LogP contribution in [0.5, 0.6) is 0 Å². The summed E-state index contributed by atoms with van der Waals surface area (Å²) in [6, 6.07) is 3.70. The third kappa shape index (κ3) is 1.67. The van der Waals surface area contributed by atoms with Crippen molar-refractivity contribution in [1.82, 2.24) is 0 Å². The Labute approximate surface area is 118 Å². The van der Waals surface area contributed by atoms with Crippen LogP contribution in [-0.4, -0.2) is 11.8 Å². The van der Waals surface area contributed by atoms with Gasteiger partial charge in [0.05, 0.1) is 11.1 Å². The summed E-state index contributed by atoms with van der Waals surface area (Å²) >= 11 is 0. The van der Waals surface area contributed by atoms with Gasteiger partial charge in [0.1, 0.15) is 0 Å². The SMILES string of the molecule is Cc1ccc(N)c(C)c1N1C(=O)CC2(CCCC2)C1=O. The molecule has 1 spiro atoms. The molecular formula is C16H20N2O2. The molecule has 1 aromatic carbocycles. The lowest BCUT2D eigenvalue weighted by Crippen LogP contribution is -2.35. The van der Waals surface area contributed by atoms with Gasteiger partial charge in [0.15, 0.2) is 0 Å². The number of nitrogens with two attached hydrogens (primary N) is 1. The average Bonchev–Trinajstić information content (AvgIpc) is 2.96. The van der Waals surface area contributed by atoms with Crippen molar-refractivity contribution in [3.05, 3.63) is 23.3 Å². The lowest BCUT2D eigenvalue weighted by molar-refractivity contribution is -0.125.